The number of anilines is 2. The fraction of sp³-hybridized carbons (Fsp3) is 0.429. The number of aryl methyl sites for hydroxylation is 1. The predicted molar refractivity (Wildman–Crippen MR) is 80.4 cm³/mol. The number of aromatic nitrogens is 2. The number of rotatable bonds is 4. The van der Waals surface area contributed by atoms with E-state index >= 15 is 0 Å². The molecule has 0 bridgehead atoms. The standard InChI is InChI=1S/C14H19ClN4O/c1-9-5-6-10(7-11(9)15)17-13-19-18-12(20-13)8-16-14(2,3)4/h5-7,16H,8H2,1-4H3,(H,17,19). The summed E-state index contributed by atoms with van der Waals surface area (Å²) in [5.74, 6) is 0.542. The van der Waals surface area contributed by atoms with Gasteiger partial charge in [-0.05, 0) is 45.4 Å². The van der Waals surface area contributed by atoms with Crippen molar-refractivity contribution in [2.45, 2.75) is 39.8 Å². The summed E-state index contributed by atoms with van der Waals surface area (Å²) in [6, 6.07) is 6.03. The first-order chi connectivity index (χ1) is 9.33. The van der Waals surface area contributed by atoms with Gasteiger partial charge in [0.1, 0.15) is 0 Å². The van der Waals surface area contributed by atoms with Gasteiger partial charge in [0, 0.05) is 16.2 Å². The van der Waals surface area contributed by atoms with Crippen molar-refractivity contribution in [2.24, 2.45) is 0 Å². The summed E-state index contributed by atoms with van der Waals surface area (Å²) in [7, 11) is 0. The van der Waals surface area contributed by atoms with Gasteiger partial charge >= 0.3 is 6.01 Å². The third kappa shape index (κ3) is 4.21. The second-order valence-corrected chi connectivity index (χ2v) is 6.10. The molecule has 2 aromatic rings. The minimum Gasteiger partial charge on any atom is -0.406 e. The summed E-state index contributed by atoms with van der Waals surface area (Å²) in [6.07, 6.45) is 0. The minimum absolute atomic E-state index is 0.00649. The third-order valence-electron chi connectivity index (χ3n) is 2.66. The van der Waals surface area contributed by atoms with E-state index in [1.54, 1.807) is 0 Å². The molecular weight excluding hydrogens is 276 g/mol. The summed E-state index contributed by atoms with van der Waals surface area (Å²) in [6.45, 7) is 8.73. The highest BCUT2D eigenvalue weighted by Crippen LogP contribution is 2.22. The van der Waals surface area contributed by atoms with Crippen molar-refractivity contribution in [3.8, 4) is 0 Å². The van der Waals surface area contributed by atoms with Crippen molar-refractivity contribution in [1.29, 1.82) is 0 Å². The minimum atomic E-state index is 0.00649. The van der Waals surface area contributed by atoms with Crippen LogP contribution in [0.5, 0.6) is 0 Å². The van der Waals surface area contributed by atoms with Crippen LogP contribution in [0.1, 0.15) is 32.2 Å². The number of hydrogen-bond acceptors (Lipinski definition) is 5. The van der Waals surface area contributed by atoms with E-state index in [2.05, 4.69) is 41.6 Å². The predicted octanol–water partition coefficient (Wildman–Crippen LogP) is 3.66. The van der Waals surface area contributed by atoms with E-state index in [4.69, 9.17) is 16.0 Å². The van der Waals surface area contributed by atoms with E-state index in [1.165, 1.54) is 0 Å². The summed E-state index contributed by atoms with van der Waals surface area (Å²) in [4.78, 5) is 0. The molecule has 0 fully saturated rings. The molecule has 0 radical (unpaired) electrons. The van der Waals surface area contributed by atoms with Gasteiger partial charge in [-0.3, -0.25) is 0 Å². The Hall–Kier alpha value is -1.59. The molecule has 0 saturated heterocycles. The Bertz CT molecular complexity index is 589. The molecule has 6 heteroatoms. The van der Waals surface area contributed by atoms with Crippen molar-refractivity contribution in [3.05, 3.63) is 34.7 Å². The largest absolute Gasteiger partial charge is 0.406 e. The van der Waals surface area contributed by atoms with Gasteiger partial charge < -0.3 is 15.1 Å². The van der Waals surface area contributed by atoms with Crippen LogP contribution in [0.4, 0.5) is 11.7 Å². The molecule has 0 atom stereocenters. The van der Waals surface area contributed by atoms with Crippen molar-refractivity contribution < 1.29 is 4.42 Å². The zero-order valence-electron chi connectivity index (χ0n) is 12.1. The number of benzene rings is 1. The van der Waals surface area contributed by atoms with Gasteiger partial charge in [0.05, 0.1) is 6.54 Å². The summed E-state index contributed by atoms with van der Waals surface area (Å²) < 4.78 is 5.51. The maximum absolute atomic E-state index is 6.07. The molecular formula is C14H19ClN4O. The molecule has 0 aliphatic carbocycles. The lowest BCUT2D eigenvalue weighted by atomic mass is 10.1. The van der Waals surface area contributed by atoms with E-state index < -0.39 is 0 Å². The van der Waals surface area contributed by atoms with E-state index in [-0.39, 0.29) is 5.54 Å². The topological polar surface area (TPSA) is 63.0 Å². The highest BCUT2D eigenvalue weighted by molar-refractivity contribution is 6.31. The van der Waals surface area contributed by atoms with Crippen molar-refractivity contribution in [2.75, 3.05) is 5.32 Å². The van der Waals surface area contributed by atoms with Gasteiger partial charge in [0.2, 0.25) is 5.89 Å². The fourth-order valence-corrected chi connectivity index (χ4v) is 1.69. The maximum atomic E-state index is 6.07. The lowest BCUT2D eigenvalue weighted by Crippen LogP contribution is -2.35. The van der Waals surface area contributed by atoms with Crippen LogP contribution in [-0.4, -0.2) is 15.7 Å². The first-order valence-electron chi connectivity index (χ1n) is 6.44. The van der Waals surface area contributed by atoms with Crippen LogP contribution in [0, 0.1) is 6.92 Å². The molecule has 0 spiro atoms. The Labute approximate surface area is 123 Å². The molecule has 20 heavy (non-hydrogen) atoms. The first kappa shape index (κ1) is 14.8. The smallest absolute Gasteiger partial charge is 0.320 e. The number of nitrogens with zero attached hydrogens (tertiary/aromatic N) is 2. The molecule has 108 valence electrons. The van der Waals surface area contributed by atoms with E-state index in [1.807, 2.05) is 25.1 Å². The molecule has 2 N–H and O–H groups in total. The molecule has 1 aromatic heterocycles. The lowest BCUT2D eigenvalue weighted by molar-refractivity contribution is 0.384. The van der Waals surface area contributed by atoms with Crippen molar-refractivity contribution >= 4 is 23.3 Å². The number of halogens is 1. The Balaban J connectivity index is 2.00. The highest BCUT2D eigenvalue weighted by atomic mass is 35.5. The second kappa shape index (κ2) is 5.81. The third-order valence-corrected chi connectivity index (χ3v) is 3.07. The van der Waals surface area contributed by atoms with Gasteiger partial charge in [-0.15, -0.1) is 5.10 Å². The van der Waals surface area contributed by atoms with Crippen LogP contribution in [0.2, 0.25) is 5.02 Å². The summed E-state index contributed by atoms with van der Waals surface area (Å²) in [5, 5.41) is 15.0. The molecule has 5 nitrogen and oxygen atoms in total. The normalized spacial score (nSPS) is 11.7. The summed E-state index contributed by atoms with van der Waals surface area (Å²) in [5.41, 5.74) is 1.85. The van der Waals surface area contributed by atoms with Crippen LogP contribution in [0.25, 0.3) is 0 Å². The summed E-state index contributed by atoms with van der Waals surface area (Å²) >= 11 is 6.07. The Morgan fingerprint density at radius 1 is 1.25 bits per heavy atom. The Morgan fingerprint density at radius 3 is 2.65 bits per heavy atom. The average Bonchev–Trinajstić information content (AvgIpc) is 2.78. The van der Waals surface area contributed by atoms with Gasteiger partial charge in [-0.1, -0.05) is 22.8 Å². The van der Waals surface area contributed by atoms with Crippen LogP contribution >= 0.6 is 11.6 Å². The quantitative estimate of drug-likeness (QED) is 0.901. The molecule has 0 aliphatic heterocycles. The molecule has 0 aliphatic rings. The van der Waals surface area contributed by atoms with Gasteiger partial charge in [0.15, 0.2) is 0 Å². The first-order valence-corrected chi connectivity index (χ1v) is 6.82. The van der Waals surface area contributed by atoms with Gasteiger partial charge in [-0.2, -0.15) is 0 Å². The number of nitrogens with one attached hydrogen (secondary N) is 2. The van der Waals surface area contributed by atoms with Crippen LogP contribution in [-0.2, 0) is 6.54 Å². The SMILES string of the molecule is Cc1ccc(Nc2nnc(CNC(C)(C)C)o2)cc1Cl. The number of hydrogen-bond donors (Lipinski definition) is 2. The second-order valence-electron chi connectivity index (χ2n) is 5.69. The monoisotopic (exact) mass is 294 g/mol. The molecule has 0 amide bonds. The van der Waals surface area contributed by atoms with E-state index in [0.717, 1.165) is 11.3 Å². The van der Waals surface area contributed by atoms with Crippen molar-refractivity contribution in [3.63, 3.8) is 0 Å². The van der Waals surface area contributed by atoms with E-state index in [9.17, 15) is 0 Å². The highest BCUT2D eigenvalue weighted by Gasteiger charge is 2.12. The molecule has 1 heterocycles. The fourth-order valence-electron chi connectivity index (χ4n) is 1.51. The van der Waals surface area contributed by atoms with Crippen molar-refractivity contribution in [1.82, 2.24) is 15.5 Å². The molecule has 0 unspecified atom stereocenters. The maximum Gasteiger partial charge on any atom is 0.320 e. The van der Waals surface area contributed by atoms with Crippen LogP contribution in [0.15, 0.2) is 22.6 Å². The van der Waals surface area contributed by atoms with Crippen LogP contribution < -0.4 is 10.6 Å². The average molecular weight is 295 g/mol. The Morgan fingerprint density at radius 2 is 2.00 bits per heavy atom. The van der Waals surface area contributed by atoms with Crippen LogP contribution in [0.3, 0.4) is 0 Å². The zero-order chi connectivity index (χ0) is 14.8. The molecule has 2 rings (SSSR count). The molecule has 0 saturated carbocycles. The van der Waals surface area contributed by atoms with E-state index in [0.29, 0.717) is 23.5 Å². The van der Waals surface area contributed by atoms with Gasteiger partial charge in [-0.25, -0.2) is 0 Å². The zero-order valence-corrected chi connectivity index (χ0v) is 12.9. The molecule has 1 aromatic carbocycles. The lowest BCUT2D eigenvalue weighted by Gasteiger charge is -2.18. The van der Waals surface area contributed by atoms with Gasteiger partial charge in [0.25, 0.3) is 0 Å². The Kier molecular flexibility index (Phi) is 4.30.